The fourth-order valence-corrected chi connectivity index (χ4v) is 5.40. The van der Waals surface area contributed by atoms with E-state index in [1.165, 1.54) is 11.8 Å². The summed E-state index contributed by atoms with van der Waals surface area (Å²) >= 11 is 13.8. The SMILES string of the molecule is C[C@@H](C(=O)NCCc1ccc(Cl)cc1)[C@H]1Sc2ccccc2N(Cc2ccccc2Cl)C1=O. The second-order valence-corrected chi connectivity index (χ2v) is 10.0. The van der Waals surface area contributed by atoms with Crippen LogP contribution in [0.2, 0.25) is 10.0 Å². The maximum Gasteiger partial charge on any atom is 0.241 e. The van der Waals surface area contributed by atoms with Crippen LogP contribution >= 0.6 is 35.0 Å². The number of halogens is 2. The van der Waals surface area contributed by atoms with Crippen LogP contribution in [0.15, 0.2) is 77.7 Å². The van der Waals surface area contributed by atoms with Crippen LogP contribution in [0.5, 0.6) is 0 Å². The molecule has 1 N–H and O–H groups in total. The Bertz CT molecular complexity index is 1150. The standard InChI is InChI=1S/C26H24Cl2N2O2S/c1-17(25(31)29-15-14-18-10-12-20(27)13-11-18)24-26(32)30(16-19-6-2-3-7-21(19)28)22-8-4-5-9-23(22)33-24/h2-13,17,24H,14-16H2,1H3,(H,29,31)/t17-,24-/m1/s1. The zero-order chi connectivity index (χ0) is 23.4. The minimum absolute atomic E-state index is 0.0843. The van der Waals surface area contributed by atoms with Crippen molar-refractivity contribution < 1.29 is 9.59 Å². The van der Waals surface area contributed by atoms with E-state index in [-0.39, 0.29) is 11.8 Å². The van der Waals surface area contributed by atoms with Crippen LogP contribution in [0, 0.1) is 5.92 Å². The Morgan fingerprint density at radius 1 is 1.03 bits per heavy atom. The van der Waals surface area contributed by atoms with Crippen LogP contribution in [0.1, 0.15) is 18.1 Å². The molecule has 7 heteroatoms. The van der Waals surface area contributed by atoms with Gasteiger partial charge in [0.1, 0.15) is 5.25 Å². The Morgan fingerprint density at radius 2 is 1.73 bits per heavy atom. The van der Waals surface area contributed by atoms with Crippen LogP contribution in [-0.2, 0) is 22.6 Å². The molecule has 0 aromatic heterocycles. The third-order valence-electron chi connectivity index (χ3n) is 5.70. The second kappa shape index (κ2) is 10.6. The monoisotopic (exact) mass is 498 g/mol. The number of nitrogens with one attached hydrogen (secondary N) is 1. The Hall–Kier alpha value is -2.47. The predicted molar refractivity (Wildman–Crippen MR) is 136 cm³/mol. The third-order valence-corrected chi connectivity index (χ3v) is 7.78. The first-order valence-electron chi connectivity index (χ1n) is 10.8. The number of carbonyl (C=O) groups excluding carboxylic acids is 2. The van der Waals surface area contributed by atoms with Crippen molar-refractivity contribution in [2.75, 3.05) is 11.4 Å². The molecule has 3 aromatic carbocycles. The number of carbonyl (C=O) groups is 2. The minimum Gasteiger partial charge on any atom is -0.355 e. The van der Waals surface area contributed by atoms with Gasteiger partial charge < -0.3 is 10.2 Å². The number of fused-ring (bicyclic) bond motifs is 1. The smallest absolute Gasteiger partial charge is 0.241 e. The number of hydrogen-bond acceptors (Lipinski definition) is 3. The van der Waals surface area contributed by atoms with Crippen molar-refractivity contribution in [1.82, 2.24) is 5.32 Å². The maximum atomic E-state index is 13.5. The van der Waals surface area contributed by atoms with Gasteiger partial charge in [-0.2, -0.15) is 0 Å². The van der Waals surface area contributed by atoms with Crippen molar-refractivity contribution >= 4 is 52.5 Å². The summed E-state index contributed by atoms with van der Waals surface area (Å²) in [4.78, 5) is 29.2. The number of anilines is 1. The summed E-state index contributed by atoms with van der Waals surface area (Å²) in [5.41, 5.74) is 2.81. The molecule has 33 heavy (non-hydrogen) atoms. The molecule has 0 bridgehead atoms. The molecular weight excluding hydrogens is 475 g/mol. The lowest BCUT2D eigenvalue weighted by atomic mass is 10.0. The zero-order valence-corrected chi connectivity index (χ0v) is 20.5. The van der Waals surface area contributed by atoms with Gasteiger partial charge in [0.25, 0.3) is 0 Å². The molecule has 1 aliphatic rings. The number of hydrogen-bond donors (Lipinski definition) is 1. The van der Waals surface area contributed by atoms with Gasteiger partial charge >= 0.3 is 0 Å². The van der Waals surface area contributed by atoms with E-state index in [9.17, 15) is 9.59 Å². The highest BCUT2D eigenvalue weighted by molar-refractivity contribution is 8.01. The molecule has 2 amide bonds. The number of benzene rings is 3. The fraction of sp³-hybridized carbons (Fsp3) is 0.231. The summed E-state index contributed by atoms with van der Waals surface area (Å²) in [6.07, 6.45) is 0.697. The van der Waals surface area contributed by atoms with E-state index in [2.05, 4.69) is 5.32 Å². The largest absolute Gasteiger partial charge is 0.355 e. The molecule has 3 aromatic rings. The molecular formula is C26H24Cl2N2O2S. The third kappa shape index (κ3) is 5.55. The Labute approximate surface area is 208 Å². The van der Waals surface area contributed by atoms with Gasteiger partial charge in [0, 0.05) is 21.5 Å². The predicted octanol–water partition coefficient (Wildman–Crippen LogP) is 6.00. The molecule has 0 aliphatic carbocycles. The lowest BCUT2D eigenvalue weighted by Crippen LogP contribution is -2.47. The summed E-state index contributed by atoms with van der Waals surface area (Å²) in [5, 5.41) is 3.77. The van der Waals surface area contributed by atoms with E-state index >= 15 is 0 Å². The quantitative estimate of drug-likeness (QED) is 0.434. The highest BCUT2D eigenvalue weighted by atomic mass is 35.5. The average molecular weight is 499 g/mol. The van der Waals surface area contributed by atoms with Crippen molar-refractivity contribution in [2.24, 2.45) is 5.92 Å². The van der Waals surface area contributed by atoms with Crippen LogP contribution in [0.4, 0.5) is 5.69 Å². The zero-order valence-electron chi connectivity index (χ0n) is 18.1. The average Bonchev–Trinajstić information content (AvgIpc) is 2.82. The Balaban J connectivity index is 1.47. The van der Waals surface area contributed by atoms with E-state index in [1.54, 1.807) is 4.90 Å². The minimum atomic E-state index is -0.516. The first kappa shape index (κ1) is 23.7. The van der Waals surface area contributed by atoms with Crippen molar-refractivity contribution in [1.29, 1.82) is 0 Å². The molecule has 1 heterocycles. The van der Waals surface area contributed by atoms with E-state index in [4.69, 9.17) is 23.2 Å². The lowest BCUT2D eigenvalue weighted by molar-refractivity contribution is -0.128. The normalized spacial score (nSPS) is 16.3. The molecule has 2 atom stereocenters. The molecule has 170 valence electrons. The van der Waals surface area contributed by atoms with Crippen molar-refractivity contribution in [3.05, 3.63) is 94.0 Å². The molecule has 0 spiro atoms. The topological polar surface area (TPSA) is 49.4 Å². The van der Waals surface area contributed by atoms with Gasteiger partial charge in [0.2, 0.25) is 11.8 Å². The lowest BCUT2D eigenvalue weighted by Gasteiger charge is -2.36. The van der Waals surface area contributed by atoms with Crippen molar-refractivity contribution in [3.8, 4) is 0 Å². The number of nitrogens with zero attached hydrogens (tertiary/aromatic N) is 1. The molecule has 1 aliphatic heterocycles. The van der Waals surface area contributed by atoms with E-state index in [0.717, 1.165) is 21.7 Å². The van der Waals surface area contributed by atoms with Crippen LogP contribution < -0.4 is 10.2 Å². The van der Waals surface area contributed by atoms with Crippen LogP contribution in [0.3, 0.4) is 0 Å². The van der Waals surface area contributed by atoms with E-state index in [0.29, 0.717) is 29.6 Å². The molecule has 0 saturated carbocycles. The van der Waals surface area contributed by atoms with Crippen molar-refractivity contribution in [2.45, 2.75) is 30.0 Å². The number of amides is 2. The Morgan fingerprint density at radius 3 is 2.48 bits per heavy atom. The van der Waals surface area contributed by atoms with E-state index < -0.39 is 11.2 Å². The number of thioether (sulfide) groups is 1. The van der Waals surface area contributed by atoms with Gasteiger partial charge in [0.15, 0.2) is 0 Å². The summed E-state index contributed by atoms with van der Waals surface area (Å²) in [6, 6.07) is 22.9. The molecule has 0 unspecified atom stereocenters. The number of rotatable bonds is 7. The second-order valence-electron chi connectivity index (χ2n) is 7.98. The first-order valence-corrected chi connectivity index (χ1v) is 12.4. The molecule has 0 radical (unpaired) electrons. The highest BCUT2D eigenvalue weighted by Crippen LogP contribution is 2.42. The maximum absolute atomic E-state index is 13.5. The summed E-state index contributed by atoms with van der Waals surface area (Å²) in [6.45, 7) is 2.67. The van der Waals surface area contributed by atoms with Crippen LogP contribution in [0.25, 0.3) is 0 Å². The van der Waals surface area contributed by atoms with Crippen LogP contribution in [-0.4, -0.2) is 23.6 Å². The number of para-hydroxylation sites is 1. The molecule has 4 rings (SSSR count). The Kier molecular flexibility index (Phi) is 7.63. The van der Waals surface area contributed by atoms with Gasteiger partial charge in [0.05, 0.1) is 18.2 Å². The highest BCUT2D eigenvalue weighted by Gasteiger charge is 2.39. The van der Waals surface area contributed by atoms with Gasteiger partial charge in [-0.15, -0.1) is 11.8 Å². The van der Waals surface area contributed by atoms with E-state index in [1.807, 2.05) is 79.7 Å². The molecule has 0 saturated heterocycles. The van der Waals surface area contributed by atoms with Gasteiger partial charge in [-0.3, -0.25) is 9.59 Å². The fourth-order valence-electron chi connectivity index (χ4n) is 3.79. The van der Waals surface area contributed by atoms with Gasteiger partial charge in [-0.25, -0.2) is 0 Å². The summed E-state index contributed by atoms with van der Waals surface area (Å²) in [5.74, 6) is -0.708. The molecule has 0 fully saturated rings. The van der Waals surface area contributed by atoms with Gasteiger partial charge in [-0.1, -0.05) is 72.6 Å². The summed E-state index contributed by atoms with van der Waals surface area (Å²) in [7, 11) is 0. The van der Waals surface area contributed by atoms with Crippen molar-refractivity contribution in [3.63, 3.8) is 0 Å². The first-order chi connectivity index (χ1) is 15.9. The van der Waals surface area contributed by atoms with Gasteiger partial charge in [-0.05, 0) is 47.9 Å². The molecule has 4 nitrogen and oxygen atoms in total. The summed E-state index contributed by atoms with van der Waals surface area (Å²) < 4.78 is 0.